The van der Waals surface area contributed by atoms with Gasteiger partial charge in [-0.15, -0.1) is 0 Å². The van der Waals surface area contributed by atoms with Gasteiger partial charge in [-0.05, 0) is 80.6 Å². The average molecular weight is 650 g/mol. The largest absolute Gasteiger partial charge is 0.485 e. The SMILES string of the molecule is Cc1ccc(CNc2ccc3c(c2)C(OCCC2CCCCC2)C(OCc2cc(C(F)(F)F)cc(C(F)(F)F)c2)C(C)(C)O3)cc1. The summed E-state index contributed by atoms with van der Waals surface area (Å²) in [7, 11) is 0. The number of benzene rings is 3. The normalized spacial score (nSPS) is 20.2. The first-order valence-electron chi connectivity index (χ1n) is 15.8. The van der Waals surface area contributed by atoms with Gasteiger partial charge in [0.15, 0.2) is 0 Å². The van der Waals surface area contributed by atoms with E-state index in [1.807, 2.05) is 49.4 Å². The van der Waals surface area contributed by atoms with Crippen molar-refractivity contribution in [1.29, 1.82) is 0 Å². The van der Waals surface area contributed by atoms with E-state index in [1.165, 1.54) is 19.3 Å². The molecular weight excluding hydrogens is 608 g/mol. The zero-order valence-electron chi connectivity index (χ0n) is 26.4. The van der Waals surface area contributed by atoms with Crippen LogP contribution in [0.5, 0.6) is 5.75 Å². The van der Waals surface area contributed by atoms with Crippen LogP contribution < -0.4 is 10.1 Å². The zero-order valence-corrected chi connectivity index (χ0v) is 26.4. The van der Waals surface area contributed by atoms with E-state index < -0.39 is 47.9 Å². The van der Waals surface area contributed by atoms with Gasteiger partial charge in [-0.3, -0.25) is 0 Å². The Morgan fingerprint density at radius 3 is 2.09 bits per heavy atom. The van der Waals surface area contributed by atoms with Crippen molar-refractivity contribution >= 4 is 5.69 Å². The molecule has 0 spiro atoms. The molecule has 250 valence electrons. The molecule has 2 aliphatic rings. The number of ether oxygens (including phenoxy) is 3. The molecule has 1 saturated carbocycles. The molecule has 1 aliphatic carbocycles. The maximum Gasteiger partial charge on any atom is 0.416 e. The molecule has 3 aromatic carbocycles. The lowest BCUT2D eigenvalue weighted by Gasteiger charge is -2.44. The Balaban J connectivity index is 1.41. The number of nitrogens with one attached hydrogen (secondary N) is 1. The predicted molar refractivity (Wildman–Crippen MR) is 165 cm³/mol. The van der Waals surface area contributed by atoms with Gasteiger partial charge in [-0.25, -0.2) is 0 Å². The number of rotatable bonds is 10. The van der Waals surface area contributed by atoms with Gasteiger partial charge < -0.3 is 19.5 Å². The van der Waals surface area contributed by atoms with Crippen LogP contribution in [0.2, 0.25) is 0 Å². The van der Waals surface area contributed by atoms with Crippen molar-refractivity contribution in [3.63, 3.8) is 0 Å². The van der Waals surface area contributed by atoms with Crippen molar-refractivity contribution < 1.29 is 40.6 Å². The number of halogens is 6. The fourth-order valence-corrected chi connectivity index (χ4v) is 6.34. The molecular formula is C36H41F6NO3. The van der Waals surface area contributed by atoms with E-state index in [2.05, 4.69) is 5.32 Å². The molecule has 1 fully saturated rings. The average Bonchev–Trinajstić information content (AvgIpc) is 2.99. The van der Waals surface area contributed by atoms with E-state index in [0.717, 1.165) is 36.1 Å². The molecule has 0 saturated heterocycles. The third-order valence-corrected chi connectivity index (χ3v) is 8.89. The zero-order chi connectivity index (χ0) is 33.1. The van der Waals surface area contributed by atoms with Crippen molar-refractivity contribution in [2.75, 3.05) is 11.9 Å². The van der Waals surface area contributed by atoms with Gasteiger partial charge in [0.05, 0.1) is 17.7 Å². The van der Waals surface area contributed by atoms with Gasteiger partial charge in [0.1, 0.15) is 23.6 Å². The van der Waals surface area contributed by atoms with Gasteiger partial charge in [0.25, 0.3) is 0 Å². The standard InChI is InChI=1S/C36H41F6NO3/c1-23-9-11-25(12-10-23)21-43-29-13-14-31-30(20-29)32(44-16-15-24-7-5-4-6-8-24)33(34(2,3)46-31)45-22-26-17-27(35(37,38)39)19-28(18-26)36(40,41)42/h9-14,17-20,24,32-33,43H,4-8,15-16,21-22H2,1-3H3. The van der Waals surface area contributed by atoms with Crippen LogP contribution in [0.4, 0.5) is 32.0 Å². The molecule has 4 nitrogen and oxygen atoms in total. The molecule has 5 rings (SSSR count). The molecule has 1 N–H and O–H groups in total. The van der Waals surface area contributed by atoms with Crippen LogP contribution in [-0.4, -0.2) is 18.3 Å². The Morgan fingerprint density at radius 2 is 1.46 bits per heavy atom. The van der Waals surface area contributed by atoms with Crippen LogP contribution in [-0.2, 0) is 35.0 Å². The summed E-state index contributed by atoms with van der Waals surface area (Å²) in [6.07, 6.45) is -4.64. The fourth-order valence-electron chi connectivity index (χ4n) is 6.34. The predicted octanol–water partition coefficient (Wildman–Crippen LogP) is 10.4. The highest BCUT2D eigenvalue weighted by atomic mass is 19.4. The third-order valence-electron chi connectivity index (χ3n) is 8.89. The summed E-state index contributed by atoms with van der Waals surface area (Å²) in [5, 5.41) is 3.43. The summed E-state index contributed by atoms with van der Waals surface area (Å²) in [6.45, 7) is 6.12. The van der Waals surface area contributed by atoms with Crippen LogP contribution in [0.15, 0.2) is 60.7 Å². The van der Waals surface area contributed by atoms with Crippen molar-refractivity contribution in [2.45, 2.75) is 103 Å². The Kier molecular flexibility index (Phi) is 10.3. The van der Waals surface area contributed by atoms with Crippen molar-refractivity contribution in [3.05, 3.63) is 94.0 Å². The van der Waals surface area contributed by atoms with Crippen LogP contribution in [0, 0.1) is 12.8 Å². The van der Waals surface area contributed by atoms with Crippen LogP contribution >= 0.6 is 0 Å². The lowest BCUT2D eigenvalue weighted by Crippen LogP contribution is -2.51. The minimum absolute atomic E-state index is 0.121. The van der Waals surface area contributed by atoms with Crippen LogP contribution in [0.3, 0.4) is 0 Å². The first-order chi connectivity index (χ1) is 21.7. The topological polar surface area (TPSA) is 39.7 Å². The summed E-state index contributed by atoms with van der Waals surface area (Å²) in [5.41, 5.74) is -0.216. The van der Waals surface area contributed by atoms with Gasteiger partial charge in [0.2, 0.25) is 0 Å². The molecule has 2 unspecified atom stereocenters. The summed E-state index contributed by atoms with van der Waals surface area (Å²) < 4.78 is 100. The summed E-state index contributed by atoms with van der Waals surface area (Å²) >= 11 is 0. The van der Waals surface area contributed by atoms with E-state index in [-0.39, 0.29) is 11.6 Å². The van der Waals surface area contributed by atoms with Gasteiger partial charge in [0, 0.05) is 24.4 Å². The highest BCUT2D eigenvalue weighted by Gasteiger charge is 2.46. The third kappa shape index (κ3) is 8.56. The lowest BCUT2D eigenvalue weighted by molar-refractivity contribution is -0.168. The fraction of sp³-hybridized carbons (Fsp3) is 0.500. The quantitative estimate of drug-likeness (QED) is 0.222. The Labute approximate surface area is 266 Å². The maximum absolute atomic E-state index is 13.5. The smallest absolute Gasteiger partial charge is 0.416 e. The molecule has 1 aliphatic heterocycles. The summed E-state index contributed by atoms with van der Waals surface area (Å²) in [6, 6.07) is 15.4. The Morgan fingerprint density at radius 1 is 0.804 bits per heavy atom. The van der Waals surface area contributed by atoms with Gasteiger partial charge >= 0.3 is 12.4 Å². The van der Waals surface area contributed by atoms with Crippen LogP contribution in [0.25, 0.3) is 0 Å². The molecule has 0 aromatic heterocycles. The molecule has 1 heterocycles. The summed E-state index contributed by atoms with van der Waals surface area (Å²) in [4.78, 5) is 0. The monoisotopic (exact) mass is 649 g/mol. The van der Waals surface area contributed by atoms with Gasteiger partial charge in [-0.2, -0.15) is 26.3 Å². The maximum atomic E-state index is 13.5. The number of fused-ring (bicyclic) bond motifs is 1. The lowest BCUT2D eigenvalue weighted by atomic mass is 9.86. The number of hydrogen-bond acceptors (Lipinski definition) is 4. The van der Waals surface area contributed by atoms with Crippen molar-refractivity contribution in [1.82, 2.24) is 0 Å². The molecule has 0 radical (unpaired) electrons. The van der Waals surface area contributed by atoms with E-state index in [9.17, 15) is 26.3 Å². The summed E-state index contributed by atoms with van der Waals surface area (Å²) in [5.74, 6) is 1.14. The molecule has 2 atom stereocenters. The van der Waals surface area contributed by atoms with Crippen LogP contribution in [0.1, 0.15) is 91.9 Å². The minimum Gasteiger partial charge on any atom is -0.485 e. The number of hydrogen-bond donors (Lipinski definition) is 1. The number of alkyl halides is 6. The highest BCUT2D eigenvalue weighted by Crippen LogP contribution is 2.45. The number of anilines is 1. The molecule has 0 amide bonds. The van der Waals surface area contributed by atoms with E-state index >= 15 is 0 Å². The van der Waals surface area contributed by atoms with Crippen molar-refractivity contribution in [3.8, 4) is 5.75 Å². The second-order valence-electron chi connectivity index (χ2n) is 13.0. The molecule has 46 heavy (non-hydrogen) atoms. The Hall–Kier alpha value is -3.24. The second-order valence-corrected chi connectivity index (χ2v) is 13.0. The minimum atomic E-state index is -4.95. The Bertz CT molecular complexity index is 1430. The number of aryl methyl sites for hydroxylation is 1. The highest BCUT2D eigenvalue weighted by molar-refractivity contribution is 5.54. The van der Waals surface area contributed by atoms with Gasteiger partial charge in [-0.1, -0.05) is 61.9 Å². The molecule has 10 heteroatoms. The first-order valence-corrected chi connectivity index (χ1v) is 15.8. The molecule has 0 bridgehead atoms. The second kappa shape index (κ2) is 13.9. The van der Waals surface area contributed by atoms with Crippen molar-refractivity contribution in [2.24, 2.45) is 5.92 Å². The van der Waals surface area contributed by atoms with E-state index in [1.54, 1.807) is 13.8 Å². The first kappa shape index (κ1) is 34.1. The van der Waals surface area contributed by atoms with E-state index in [4.69, 9.17) is 14.2 Å². The van der Waals surface area contributed by atoms with E-state index in [0.29, 0.717) is 42.5 Å². The molecule has 3 aromatic rings.